The third-order valence-electron chi connectivity index (χ3n) is 1.25. The zero-order chi connectivity index (χ0) is 9.68. The van der Waals surface area contributed by atoms with Crippen molar-refractivity contribution in [1.29, 1.82) is 0 Å². The number of rotatable bonds is 2. The van der Waals surface area contributed by atoms with E-state index in [1.165, 1.54) is 6.21 Å². The second kappa shape index (κ2) is 5.82. The summed E-state index contributed by atoms with van der Waals surface area (Å²) in [7, 11) is 0. The standard InChI is InChI=1S/C8H10N4O.ClH/c9-8(10)12-11-5-6-2-1-3-7(13)4-6;/h1-5,13H,(H4,9,10,12);1H/b11-5+;. The number of nitrogens with zero attached hydrogens (tertiary/aromatic N) is 2. The van der Waals surface area contributed by atoms with Gasteiger partial charge in [0.05, 0.1) is 6.21 Å². The molecule has 0 aliphatic carbocycles. The highest BCUT2D eigenvalue weighted by Crippen LogP contribution is 2.08. The monoisotopic (exact) mass is 214 g/mol. The van der Waals surface area contributed by atoms with Crippen LogP contribution in [0.5, 0.6) is 5.75 Å². The Labute approximate surface area is 87.5 Å². The van der Waals surface area contributed by atoms with E-state index in [-0.39, 0.29) is 24.1 Å². The van der Waals surface area contributed by atoms with Gasteiger partial charge in [0.25, 0.3) is 0 Å². The minimum Gasteiger partial charge on any atom is -0.508 e. The van der Waals surface area contributed by atoms with Crippen molar-refractivity contribution >= 4 is 24.6 Å². The Hall–Kier alpha value is -1.75. The second-order valence-electron chi connectivity index (χ2n) is 2.36. The van der Waals surface area contributed by atoms with Crippen molar-refractivity contribution < 1.29 is 5.11 Å². The fourth-order valence-electron chi connectivity index (χ4n) is 0.767. The highest BCUT2D eigenvalue weighted by molar-refractivity contribution is 5.85. The molecule has 0 heterocycles. The Bertz CT molecular complexity index is 347. The summed E-state index contributed by atoms with van der Waals surface area (Å²) in [5.41, 5.74) is 10.8. The summed E-state index contributed by atoms with van der Waals surface area (Å²) >= 11 is 0. The van der Waals surface area contributed by atoms with E-state index in [2.05, 4.69) is 10.2 Å². The fourth-order valence-corrected chi connectivity index (χ4v) is 0.767. The van der Waals surface area contributed by atoms with E-state index in [0.717, 1.165) is 5.56 Å². The second-order valence-corrected chi connectivity index (χ2v) is 2.36. The first kappa shape index (κ1) is 12.2. The van der Waals surface area contributed by atoms with Crippen LogP contribution >= 0.6 is 12.4 Å². The number of phenols is 1. The molecule has 0 atom stereocenters. The molecule has 5 nitrogen and oxygen atoms in total. The van der Waals surface area contributed by atoms with Gasteiger partial charge >= 0.3 is 0 Å². The Morgan fingerprint density at radius 1 is 1.36 bits per heavy atom. The molecule has 76 valence electrons. The van der Waals surface area contributed by atoms with Crippen molar-refractivity contribution in [2.45, 2.75) is 0 Å². The Morgan fingerprint density at radius 2 is 2.07 bits per heavy atom. The third-order valence-corrected chi connectivity index (χ3v) is 1.25. The van der Waals surface area contributed by atoms with Crippen LogP contribution in [-0.2, 0) is 0 Å². The van der Waals surface area contributed by atoms with Gasteiger partial charge in [0.1, 0.15) is 5.75 Å². The zero-order valence-electron chi connectivity index (χ0n) is 7.29. The number of phenolic OH excluding ortho intramolecular Hbond substituents is 1. The van der Waals surface area contributed by atoms with E-state index in [9.17, 15) is 0 Å². The number of hydrogen-bond donors (Lipinski definition) is 3. The molecule has 0 spiro atoms. The molecule has 0 radical (unpaired) electrons. The molecule has 1 rings (SSSR count). The van der Waals surface area contributed by atoms with Crippen LogP contribution in [0.4, 0.5) is 0 Å². The summed E-state index contributed by atoms with van der Waals surface area (Å²) in [4.78, 5) is 0. The maximum atomic E-state index is 9.07. The number of aromatic hydroxyl groups is 1. The molecule has 0 amide bonds. The van der Waals surface area contributed by atoms with Crippen LogP contribution in [-0.4, -0.2) is 17.3 Å². The number of benzene rings is 1. The maximum Gasteiger partial charge on any atom is 0.211 e. The summed E-state index contributed by atoms with van der Waals surface area (Å²) in [5.74, 6) is 0.0741. The van der Waals surface area contributed by atoms with Gasteiger partial charge in [-0.3, -0.25) is 0 Å². The molecule has 1 aromatic rings. The van der Waals surface area contributed by atoms with Gasteiger partial charge in [-0.05, 0) is 17.7 Å². The Morgan fingerprint density at radius 3 is 2.64 bits per heavy atom. The minimum absolute atomic E-state index is 0. The lowest BCUT2D eigenvalue weighted by Crippen LogP contribution is -2.21. The fraction of sp³-hybridized carbons (Fsp3) is 0. The molecule has 0 saturated heterocycles. The molecule has 0 aromatic heterocycles. The van der Waals surface area contributed by atoms with E-state index in [1.54, 1.807) is 24.3 Å². The molecule has 5 N–H and O–H groups in total. The average molecular weight is 215 g/mol. The lowest BCUT2D eigenvalue weighted by atomic mass is 10.2. The first-order valence-electron chi connectivity index (χ1n) is 3.59. The van der Waals surface area contributed by atoms with Crippen molar-refractivity contribution in [1.82, 2.24) is 0 Å². The topological polar surface area (TPSA) is 97.0 Å². The zero-order valence-corrected chi connectivity index (χ0v) is 8.11. The molecule has 1 aromatic carbocycles. The van der Waals surface area contributed by atoms with Gasteiger partial charge < -0.3 is 16.6 Å². The molecule has 0 saturated carbocycles. The van der Waals surface area contributed by atoms with Crippen LogP contribution < -0.4 is 11.5 Å². The van der Waals surface area contributed by atoms with Crippen LogP contribution in [0.25, 0.3) is 0 Å². The van der Waals surface area contributed by atoms with E-state index in [0.29, 0.717) is 0 Å². The van der Waals surface area contributed by atoms with Gasteiger partial charge in [-0.25, -0.2) is 0 Å². The normalized spacial score (nSPS) is 9.43. The van der Waals surface area contributed by atoms with Gasteiger partial charge in [0.15, 0.2) is 0 Å². The van der Waals surface area contributed by atoms with E-state index in [1.807, 2.05) is 0 Å². The van der Waals surface area contributed by atoms with Crippen LogP contribution in [0, 0.1) is 0 Å². The SMILES string of the molecule is Cl.NC(N)=N/N=C/c1cccc(O)c1. The molecule has 0 bridgehead atoms. The Balaban J connectivity index is 0.00000169. The predicted octanol–water partition coefficient (Wildman–Crippen LogP) is 0.421. The van der Waals surface area contributed by atoms with Gasteiger partial charge in [0.2, 0.25) is 5.96 Å². The summed E-state index contributed by atoms with van der Waals surface area (Å²) in [6.45, 7) is 0. The lowest BCUT2D eigenvalue weighted by Gasteiger charge is -1.92. The quantitative estimate of drug-likeness (QED) is 0.378. The van der Waals surface area contributed by atoms with E-state index < -0.39 is 0 Å². The molecular weight excluding hydrogens is 204 g/mol. The first-order valence-corrected chi connectivity index (χ1v) is 3.59. The van der Waals surface area contributed by atoms with E-state index >= 15 is 0 Å². The molecule has 0 fully saturated rings. The first-order chi connectivity index (χ1) is 6.18. The van der Waals surface area contributed by atoms with Crippen molar-refractivity contribution in [2.75, 3.05) is 0 Å². The number of nitrogens with two attached hydrogens (primary N) is 2. The number of hydrogen-bond acceptors (Lipinski definition) is 3. The van der Waals surface area contributed by atoms with Crippen LogP contribution in [0.1, 0.15) is 5.56 Å². The molecule has 0 aliphatic rings. The van der Waals surface area contributed by atoms with Gasteiger partial charge in [-0.2, -0.15) is 5.10 Å². The lowest BCUT2D eigenvalue weighted by molar-refractivity contribution is 0.475. The number of guanidine groups is 1. The van der Waals surface area contributed by atoms with Crippen LogP contribution in [0.2, 0.25) is 0 Å². The van der Waals surface area contributed by atoms with Crippen molar-refractivity contribution in [3.8, 4) is 5.75 Å². The highest BCUT2D eigenvalue weighted by Gasteiger charge is 1.88. The minimum atomic E-state index is -0.101. The van der Waals surface area contributed by atoms with Crippen molar-refractivity contribution in [2.24, 2.45) is 21.7 Å². The third kappa shape index (κ3) is 4.32. The molecular formula is C8H11ClN4O. The van der Waals surface area contributed by atoms with Crippen LogP contribution in [0.15, 0.2) is 34.5 Å². The molecule has 0 unspecified atom stereocenters. The average Bonchev–Trinajstić information content (AvgIpc) is 2.03. The molecule has 0 aliphatic heterocycles. The summed E-state index contributed by atoms with van der Waals surface area (Å²) in [6.07, 6.45) is 1.44. The van der Waals surface area contributed by atoms with Crippen molar-refractivity contribution in [3.05, 3.63) is 29.8 Å². The molecule has 14 heavy (non-hydrogen) atoms. The summed E-state index contributed by atoms with van der Waals surface area (Å²) in [5, 5.41) is 16.1. The van der Waals surface area contributed by atoms with Gasteiger partial charge in [-0.15, -0.1) is 17.5 Å². The summed E-state index contributed by atoms with van der Waals surface area (Å²) in [6, 6.07) is 6.58. The Kier molecular flexibility index (Phi) is 5.09. The van der Waals surface area contributed by atoms with Gasteiger partial charge in [0, 0.05) is 0 Å². The largest absolute Gasteiger partial charge is 0.508 e. The van der Waals surface area contributed by atoms with Crippen LogP contribution in [0.3, 0.4) is 0 Å². The number of halogens is 1. The van der Waals surface area contributed by atoms with Gasteiger partial charge in [-0.1, -0.05) is 12.1 Å². The molecule has 6 heteroatoms. The highest BCUT2D eigenvalue weighted by atomic mass is 35.5. The van der Waals surface area contributed by atoms with Crippen molar-refractivity contribution in [3.63, 3.8) is 0 Å². The summed E-state index contributed by atoms with van der Waals surface area (Å²) < 4.78 is 0. The van der Waals surface area contributed by atoms with E-state index in [4.69, 9.17) is 16.6 Å². The predicted molar refractivity (Wildman–Crippen MR) is 58.8 cm³/mol. The smallest absolute Gasteiger partial charge is 0.211 e. The maximum absolute atomic E-state index is 9.07.